The van der Waals surface area contributed by atoms with Crippen molar-refractivity contribution in [3.05, 3.63) is 70.4 Å². The van der Waals surface area contributed by atoms with Gasteiger partial charge in [0, 0.05) is 31.5 Å². The lowest BCUT2D eigenvalue weighted by Crippen LogP contribution is -2.29. The zero-order valence-electron chi connectivity index (χ0n) is 14.7. The van der Waals surface area contributed by atoms with Crippen molar-refractivity contribution in [3.63, 3.8) is 0 Å². The summed E-state index contributed by atoms with van der Waals surface area (Å²) in [5.41, 5.74) is 1.78. The lowest BCUT2D eigenvalue weighted by molar-refractivity contribution is -0.121. The molecule has 3 rings (SSSR count). The van der Waals surface area contributed by atoms with Gasteiger partial charge in [0.05, 0.1) is 11.0 Å². The second-order valence-electron chi connectivity index (χ2n) is 6.23. The Bertz CT molecular complexity index is 1010. The normalized spacial score (nSPS) is 10.9. The Kier molecular flexibility index (Phi) is 5.80. The van der Waals surface area contributed by atoms with Crippen molar-refractivity contribution >= 4 is 22.7 Å². The van der Waals surface area contributed by atoms with Crippen LogP contribution in [0, 0.1) is 5.82 Å². The predicted octanol–water partition coefficient (Wildman–Crippen LogP) is 2.64. The Morgan fingerprint density at radius 3 is 2.56 bits per heavy atom. The number of nitrogens with one attached hydrogen (secondary N) is 2. The van der Waals surface area contributed by atoms with E-state index in [4.69, 9.17) is 0 Å². The van der Waals surface area contributed by atoms with E-state index in [1.807, 2.05) is 24.3 Å². The average Bonchev–Trinajstić information content (AvgIpc) is 2.98. The van der Waals surface area contributed by atoms with Crippen LogP contribution in [-0.4, -0.2) is 27.8 Å². The second kappa shape index (κ2) is 8.44. The number of aromatic amines is 1. The minimum absolute atomic E-state index is 0.117. The van der Waals surface area contributed by atoms with Gasteiger partial charge in [0.15, 0.2) is 5.78 Å². The summed E-state index contributed by atoms with van der Waals surface area (Å²) < 4.78 is 14.4. The van der Waals surface area contributed by atoms with Crippen LogP contribution < -0.4 is 11.0 Å². The molecule has 0 fully saturated rings. The van der Waals surface area contributed by atoms with E-state index in [1.165, 1.54) is 24.3 Å². The molecule has 1 aromatic heterocycles. The third-order valence-electron chi connectivity index (χ3n) is 4.31. The molecule has 0 aliphatic heterocycles. The molecule has 1 amide bonds. The Morgan fingerprint density at radius 1 is 1.04 bits per heavy atom. The number of carbonyl (C=O) groups is 2. The van der Waals surface area contributed by atoms with Crippen LogP contribution in [-0.2, 0) is 11.3 Å². The van der Waals surface area contributed by atoms with Gasteiger partial charge in [0.25, 0.3) is 0 Å². The van der Waals surface area contributed by atoms with E-state index < -0.39 is 0 Å². The van der Waals surface area contributed by atoms with E-state index in [1.54, 1.807) is 4.57 Å². The van der Waals surface area contributed by atoms with Gasteiger partial charge in [-0.2, -0.15) is 0 Å². The molecule has 7 heteroatoms. The SMILES string of the molecule is O=C(CCCC(=O)c1ccc(F)cc1)NCCn1c(=O)[nH]c2ccccc21. The highest BCUT2D eigenvalue weighted by molar-refractivity contribution is 5.96. The fourth-order valence-electron chi connectivity index (χ4n) is 2.91. The molecule has 0 spiro atoms. The van der Waals surface area contributed by atoms with Gasteiger partial charge in [-0.1, -0.05) is 12.1 Å². The second-order valence-corrected chi connectivity index (χ2v) is 6.23. The number of hydrogen-bond donors (Lipinski definition) is 2. The molecule has 27 heavy (non-hydrogen) atoms. The molecule has 0 saturated carbocycles. The molecule has 0 bridgehead atoms. The lowest BCUT2D eigenvalue weighted by Gasteiger charge is -2.06. The Balaban J connectivity index is 1.42. The molecule has 3 aromatic rings. The Hall–Kier alpha value is -3.22. The van der Waals surface area contributed by atoms with Crippen molar-refractivity contribution in [3.8, 4) is 0 Å². The lowest BCUT2D eigenvalue weighted by atomic mass is 10.1. The van der Waals surface area contributed by atoms with Crippen molar-refractivity contribution < 1.29 is 14.0 Å². The molecule has 0 aliphatic rings. The standard InChI is InChI=1S/C20H20FN3O3/c21-15-10-8-14(9-11-15)18(25)6-3-7-19(26)22-12-13-24-17-5-2-1-4-16(17)23-20(24)27/h1-2,4-5,8-11H,3,6-7,12-13H2,(H,22,26)(H,23,27). The summed E-state index contributed by atoms with van der Waals surface area (Å²) in [6.45, 7) is 0.690. The first-order valence-corrected chi connectivity index (χ1v) is 8.77. The van der Waals surface area contributed by atoms with Crippen LogP contribution >= 0.6 is 0 Å². The minimum Gasteiger partial charge on any atom is -0.354 e. The number of carbonyl (C=O) groups excluding carboxylic acids is 2. The van der Waals surface area contributed by atoms with E-state index in [0.29, 0.717) is 25.1 Å². The minimum atomic E-state index is -0.389. The summed E-state index contributed by atoms with van der Waals surface area (Å²) in [4.78, 5) is 38.6. The number of nitrogens with zero attached hydrogens (tertiary/aromatic N) is 1. The number of imidazole rings is 1. The molecular weight excluding hydrogens is 349 g/mol. The number of benzene rings is 2. The number of para-hydroxylation sites is 2. The first-order valence-electron chi connectivity index (χ1n) is 8.77. The van der Waals surface area contributed by atoms with Crippen molar-refractivity contribution in [2.24, 2.45) is 0 Å². The molecule has 0 atom stereocenters. The van der Waals surface area contributed by atoms with Gasteiger partial charge in [-0.3, -0.25) is 14.2 Å². The summed E-state index contributed by atoms with van der Waals surface area (Å²) in [6, 6.07) is 12.7. The van der Waals surface area contributed by atoms with Gasteiger partial charge in [-0.05, 0) is 42.8 Å². The maximum absolute atomic E-state index is 12.9. The van der Waals surface area contributed by atoms with Crippen LogP contribution in [0.4, 0.5) is 4.39 Å². The predicted molar refractivity (Wildman–Crippen MR) is 100 cm³/mol. The summed E-state index contributed by atoms with van der Waals surface area (Å²) in [7, 11) is 0. The summed E-state index contributed by atoms with van der Waals surface area (Å²) in [5, 5.41) is 2.76. The number of rotatable bonds is 8. The molecule has 6 nitrogen and oxygen atoms in total. The number of halogens is 1. The summed E-state index contributed by atoms with van der Waals surface area (Å²) >= 11 is 0. The molecule has 0 saturated heterocycles. The van der Waals surface area contributed by atoms with Crippen LogP contribution in [0.3, 0.4) is 0 Å². The highest BCUT2D eigenvalue weighted by Gasteiger charge is 2.09. The highest BCUT2D eigenvalue weighted by Crippen LogP contribution is 2.09. The number of ketones is 1. The van der Waals surface area contributed by atoms with E-state index in [0.717, 1.165) is 11.0 Å². The van der Waals surface area contributed by atoms with Gasteiger partial charge in [0.2, 0.25) is 5.91 Å². The molecule has 140 valence electrons. The highest BCUT2D eigenvalue weighted by atomic mass is 19.1. The Labute approximate surface area is 155 Å². The van der Waals surface area contributed by atoms with Crippen LogP contribution in [0.15, 0.2) is 53.3 Å². The molecule has 1 heterocycles. The zero-order valence-corrected chi connectivity index (χ0v) is 14.7. The van der Waals surface area contributed by atoms with Gasteiger partial charge < -0.3 is 10.3 Å². The fourth-order valence-corrected chi connectivity index (χ4v) is 2.91. The monoisotopic (exact) mass is 369 g/mol. The van der Waals surface area contributed by atoms with Gasteiger partial charge in [-0.15, -0.1) is 0 Å². The number of Topliss-reactive ketones (excluding diaryl/α,β-unsaturated/α-hetero) is 1. The molecule has 0 radical (unpaired) electrons. The smallest absolute Gasteiger partial charge is 0.326 e. The Morgan fingerprint density at radius 2 is 1.78 bits per heavy atom. The first-order chi connectivity index (χ1) is 13.0. The third-order valence-corrected chi connectivity index (χ3v) is 4.31. The van der Waals surface area contributed by atoms with Crippen LogP contribution in [0.2, 0.25) is 0 Å². The quantitative estimate of drug-likeness (QED) is 0.599. The van der Waals surface area contributed by atoms with Crippen molar-refractivity contribution in [2.45, 2.75) is 25.8 Å². The van der Waals surface area contributed by atoms with Crippen LogP contribution in [0.5, 0.6) is 0 Å². The van der Waals surface area contributed by atoms with E-state index in [9.17, 15) is 18.8 Å². The van der Waals surface area contributed by atoms with Crippen LogP contribution in [0.25, 0.3) is 11.0 Å². The molecule has 0 unspecified atom stereocenters. The molecule has 2 aromatic carbocycles. The number of fused-ring (bicyclic) bond motifs is 1. The summed E-state index contributed by atoms with van der Waals surface area (Å²) in [5.74, 6) is -0.678. The summed E-state index contributed by atoms with van der Waals surface area (Å²) in [6.07, 6.45) is 0.853. The van der Waals surface area contributed by atoms with Crippen LogP contribution in [0.1, 0.15) is 29.6 Å². The van der Waals surface area contributed by atoms with Gasteiger partial charge in [0.1, 0.15) is 5.82 Å². The van der Waals surface area contributed by atoms with Crippen molar-refractivity contribution in [1.82, 2.24) is 14.9 Å². The topological polar surface area (TPSA) is 84.0 Å². The van der Waals surface area contributed by atoms with Gasteiger partial charge in [-0.25, -0.2) is 9.18 Å². The number of amides is 1. The number of aromatic nitrogens is 2. The van der Waals surface area contributed by atoms with Crippen molar-refractivity contribution in [2.75, 3.05) is 6.54 Å². The molecule has 0 aliphatic carbocycles. The van der Waals surface area contributed by atoms with E-state index in [-0.39, 0.29) is 36.0 Å². The molecular formula is C20H20FN3O3. The van der Waals surface area contributed by atoms with Crippen molar-refractivity contribution in [1.29, 1.82) is 0 Å². The van der Waals surface area contributed by atoms with E-state index >= 15 is 0 Å². The third kappa shape index (κ3) is 4.69. The first kappa shape index (κ1) is 18.6. The maximum Gasteiger partial charge on any atom is 0.326 e. The zero-order chi connectivity index (χ0) is 19.2. The average molecular weight is 369 g/mol. The molecule has 2 N–H and O–H groups in total. The van der Waals surface area contributed by atoms with Gasteiger partial charge >= 0.3 is 5.69 Å². The number of hydrogen-bond acceptors (Lipinski definition) is 3. The fraction of sp³-hybridized carbons (Fsp3) is 0.250. The maximum atomic E-state index is 12.9. The van der Waals surface area contributed by atoms with E-state index in [2.05, 4.69) is 10.3 Å². The largest absolute Gasteiger partial charge is 0.354 e. The number of H-pyrrole nitrogens is 1.